The second-order valence-electron chi connectivity index (χ2n) is 4.26. The van der Waals surface area contributed by atoms with E-state index in [1.165, 1.54) is 25.1 Å². The SMILES string of the molecule is CC1CCN(Cc2cccc(Cl)c2)C1. The predicted octanol–water partition coefficient (Wildman–Crippen LogP) is 3.18. The molecule has 1 atom stereocenters. The zero-order chi connectivity index (χ0) is 9.97. The average molecular weight is 210 g/mol. The van der Waals surface area contributed by atoms with E-state index in [2.05, 4.69) is 24.0 Å². The Labute approximate surface area is 90.7 Å². The van der Waals surface area contributed by atoms with E-state index in [-0.39, 0.29) is 0 Å². The fraction of sp³-hybridized carbons (Fsp3) is 0.500. The molecule has 0 aromatic heterocycles. The summed E-state index contributed by atoms with van der Waals surface area (Å²) in [6.45, 7) is 5.82. The molecule has 1 heterocycles. The summed E-state index contributed by atoms with van der Waals surface area (Å²) in [6, 6.07) is 8.16. The van der Waals surface area contributed by atoms with Crippen LogP contribution in [0.1, 0.15) is 18.9 Å². The smallest absolute Gasteiger partial charge is 0.0409 e. The van der Waals surface area contributed by atoms with Gasteiger partial charge in [0, 0.05) is 18.1 Å². The first kappa shape index (κ1) is 10.0. The molecule has 1 unspecified atom stereocenters. The lowest BCUT2D eigenvalue weighted by Crippen LogP contribution is -2.19. The zero-order valence-electron chi connectivity index (χ0n) is 8.54. The molecule has 0 amide bonds. The molecule has 0 spiro atoms. The molecule has 1 aliphatic rings. The third-order valence-electron chi connectivity index (χ3n) is 2.80. The fourth-order valence-corrected chi connectivity index (χ4v) is 2.28. The first-order valence-corrected chi connectivity index (χ1v) is 5.58. The van der Waals surface area contributed by atoms with Crippen LogP contribution in [0, 0.1) is 5.92 Å². The highest BCUT2D eigenvalue weighted by atomic mass is 35.5. The van der Waals surface area contributed by atoms with Crippen molar-refractivity contribution in [2.45, 2.75) is 19.9 Å². The van der Waals surface area contributed by atoms with Gasteiger partial charge in [0.2, 0.25) is 0 Å². The highest BCUT2D eigenvalue weighted by Crippen LogP contribution is 2.19. The number of halogens is 1. The van der Waals surface area contributed by atoms with Crippen molar-refractivity contribution in [1.82, 2.24) is 4.90 Å². The van der Waals surface area contributed by atoms with E-state index in [4.69, 9.17) is 11.6 Å². The van der Waals surface area contributed by atoms with Crippen molar-refractivity contribution in [3.05, 3.63) is 34.9 Å². The monoisotopic (exact) mass is 209 g/mol. The van der Waals surface area contributed by atoms with Crippen LogP contribution in [0.4, 0.5) is 0 Å². The molecule has 1 aromatic rings. The number of benzene rings is 1. The Kier molecular flexibility index (Phi) is 3.09. The van der Waals surface area contributed by atoms with Crippen LogP contribution in [0.25, 0.3) is 0 Å². The summed E-state index contributed by atoms with van der Waals surface area (Å²) in [7, 11) is 0. The van der Waals surface area contributed by atoms with Crippen molar-refractivity contribution in [3.8, 4) is 0 Å². The first-order chi connectivity index (χ1) is 6.74. The van der Waals surface area contributed by atoms with Crippen LogP contribution in [0.2, 0.25) is 5.02 Å². The van der Waals surface area contributed by atoms with E-state index in [0.29, 0.717) is 0 Å². The normalized spacial score (nSPS) is 22.9. The summed E-state index contributed by atoms with van der Waals surface area (Å²) in [6.07, 6.45) is 1.33. The van der Waals surface area contributed by atoms with E-state index in [1.807, 2.05) is 12.1 Å². The van der Waals surface area contributed by atoms with Gasteiger partial charge in [0.1, 0.15) is 0 Å². The second-order valence-corrected chi connectivity index (χ2v) is 4.70. The molecule has 0 saturated carbocycles. The van der Waals surface area contributed by atoms with Crippen molar-refractivity contribution < 1.29 is 0 Å². The number of likely N-dealkylation sites (tertiary alicyclic amines) is 1. The summed E-state index contributed by atoms with van der Waals surface area (Å²) in [5, 5.41) is 0.842. The molecule has 1 aliphatic heterocycles. The van der Waals surface area contributed by atoms with Gasteiger partial charge in [-0.2, -0.15) is 0 Å². The standard InChI is InChI=1S/C12H16ClN/c1-10-5-6-14(8-10)9-11-3-2-4-12(13)7-11/h2-4,7,10H,5-6,8-9H2,1H3. The molecule has 2 heteroatoms. The maximum atomic E-state index is 5.94. The van der Waals surface area contributed by atoms with Gasteiger partial charge in [-0.15, -0.1) is 0 Å². The molecule has 0 N–H and O–H groups in total. The third kappa shape index (κ3) is 2.49. The molecule has 1 aromatic carbocycles. The molecular formula is C12H16ClN. The Morgan fingerprint density at radius 3 is 3.00 bits per heavy atom. The van der Waals surface area contributed by atoms with Crippen molar-refractivity contribution in [1.29, 1.82) is 0 Å². The minimum absolute atomic E-state index is 0.842. The van der Waals surface area contributed by atoms with E-state index in [9.17, 15) is 0 Å². The van der Waals surface area contributed by atoms with Crippen molar-refractivity contribution in [2.24, 2.45) is 5.92 Å². The van der Waals surface area contributed by atoms with Gasteiger partial charge in [0.25, 0.3) is 0 Å². The quantitative estimate of drug-likeness (QED) is 0.723. The fourth-order valence-electron chi connectivity index (χ4n) is 2.06. The molecule has 76 valence electrons. The van der Waals surface area contributed by atoms with Gasteiger partial charge in [-0.05, 0) is 36.6 Å². The topological polar surface area (TPSA) is 3.24 Å². The minimum atomic E-state index is 0.842. The molecule has 1 fully saturated rings. The average Bonchev–Trinajstić information content (AvgIpc) is 2.51. The highest BCUT2D eigenvalue weighted by molar-refractivity contribution is 6.30. The maximum absolute atomic E-state index is 5.94. The summed E-state index contributed by atoms with van der Waals surface area (Å²) in [5.74, 6) is 0.856. The largest absolute Gasteiger partial charge is 0.299 e. The van der Waals surface area contributed by atoms with Crippen LogP contribution in [-0.2, 0) is 6.54 Å². The van der Waals surface area contributed by atoms with Crippen LogP contribution in [0.5, 0.6) is 0 Å². The second kappa shape index (κ2) is 4.33. The molecule has 1 nitrogen and oxygen atoms in total. The number of nitrogens with zero attached hydrogens (tertiary/aromatic N) is 1. The lowest BCUT2D eigenvalue weighted by Gasteiger charge is -2.15. The maximum Gasteiger partial charge on any atom is 0.0409 e. The minimum Gasteiger partial charge on any atom is -0.299 e. The lowest BCUT2D eigenvalue weighted by atomic mass is 10.2. The number of hydrogen-bond donors (Lipinski definition) is 0. The summed E-state index contributed by atoms with van der Waals surface area (Å²) in [4.78, 5) is 2.50. The Hall–Kier alpha value is -0.530. The lowest BCUT2D eigenvalue weighted by molar-refractivity contribution is 0.320. The number of rotatable bonds is 2. The van der Waals surface area contributed by atoms with Gasteiger partial charge in [0.15, 0.2) is 0 Å². The zero-order valence-corrected chi connectivity index (χ0v) is 9.30. The van der Waals surface area contributed by atoms with Gasteiger partial charge in [-0.3, -0.25) is 4.90 Å². The molecule has 1 saturated heterocycles. The van der Waals surface area contributed by atoms with Crippen molar-refractivity contribution in [3.63, 3.8) is 0 Å². The van der Waals surface area contributed by atoms with E-state index in [0.717, 1.165) is 17.5 Å². The van der Waals surface area contributed by atoms with Crippen LogP contribution >= 0.6 is 11.6 Å². The van der Waals surface area contributed by atoms with Crippen LogP contribution in [-0.4, -0.2) is 18.0 Å². The third-order valence-corrected chi connectivity index (χ3v) is 3.04. The van der Waals surface area contributed by atoms with Gasteiger partial charge < -0.3 is 0 Å². The van der Waals surface area contributed by atoms with Gasteiger partial charge >= 0.3 is 0 Å². The Morgan fingerprint density at radius 2 is 2.36 bits per heavy atom. The van der Waals surface area contributed by atoms with Gasteiger partial charge in [-0.25, -0.2) is 0 Å². The van der Waals surface area contributed by atoms with Gasteiger partial charge in [0.05, 0.1) is 0 Å². The molecule has 2 rings (SSSR count). The van der Waals surface area contributed by atoms with E-state index >= 15 is 0 Å². The van der Waals surface area contributed by atoms with E-state index in [1.54, 1.807) is 0 Å². The van der Waals surface area contributed by atoms with Crippen LogP contribution in [0.3, 0.4) is 0 Å². The molecular weight excluding hydrogens is 194 g/mol. The van der Waals surface area contributed by atoms with Crippen LogP contribution < -0.4 is 0 Å². The first-order valence-electron chi connectivity index (χ1n) is 5.21. The Bertz CT molecular complexity index is 311. The molecule has 14 heavy (non-hydrogen) atoms. The highest BCUT2D eigenvalue weighted by Gasteiger charge is 2.18. The van der Waals surface area contributed by atoms with Crippen molar-refractivity contribution >= 4 is 11.6 Å². The predicted molar refractivity (Wildman–Crippen MR) is 60.5 cm³/mol. The molecule has 0 aliphatic carbocycles. The Morgan fingerprint density at radius 1 is 1.50 bits per heavy atom. The van der Waals surface area contributed by atoms with Crippen molar-refractivity contribution in [2.75, 3.05) is 13.1 Å². The number of hydrogen-bond acceptors (Lipinski definition) is 1. The van der Waals surface area contributed by atoms with E-state index < -0.39 is 0 Å². The van der Waals surface area contributed by atoms with Gasteiger partial charge in [-0.1, -0.05) is 30.7 Å². The summed E-state index contributed by atoms with van der Waals surface area (Å²) >= 11 is 5.94. The summed E-state index contributed by atoms with van der Waals surface area (Å²) in [5.41, 5.74) is 1.33. The van der Waals surface area contributed by atoms with Crippen LogP contribution in [0.15, 0.2) is 24.3 Å². The Balaban J connectivity index is 1.97. The summed E-state index contributed by atoms with van der Waals surface area (Å²) < 4.78 is 0. The molecule has 0 bridgehead atoms. The molecule has 0 radical (unpaired) electrons.